The average molecular weight is 420 g/mol. The van der Waals surface area contributed by atoms with Crippen LogP contribution < -0.4 is 0 Å². The molecule has 1 fully saturated rings. The number of amides is 1. The van der Waals surface area contributed by atoms with E-state index in [2.05, 4.69) is 54.6 Å². The predicted molar refractivity (Wildman–Crippen MR) is 126 cm³/mol. The van der Waals surface area contributed by atoms with Crippen LogP contribution in [0.2, 0.25) is 0 Å². The molecule has 3 aromatic rings. The number of carbonyl (C=O) groups is 1. The number of hydrogen-bond acceptors (Lipinski definition) is 3. The molecule has 1 heterocycles. The van der Waals surface area contributed by atoms with Gasteiger partial charge in [0.1, 0.15) is 11.3 Å². The van der Waals surface area contributed by atoms with Gasteiger partial charge in [0.25, 0.3) is 0 Å². The Morgan fingerprint density at radius 3 is 2.42 bits per heavy atom. The van der Waals surface area contributed by atoms with Gasteiger partial charge in [0.2, 0.25) is 0 Å². The van der Waals surface area contributed by atoms with Crippen LogP contribution in [0, 0.1) is 0 Å². The first-order valence-electron chi connectivity index (χ1n) is 11.2. The SMILES string of the molecule is CC(C)(C)OC(=O)N1[C@@H](CCCc2cc3ccccc3c3ccccc23)COC1(C)C. The first-order chi connectivity index (χ1) is 14.7. The summed E-state index contributed by atoms with van der Waals surface area (Å²) >= 11 is 0. The highest BCUT2D eigenvalue weighted by atomic mass is 16.6. The molecule has 1 aliphatic heterocycles. The van der Waals surface area contributed by atoms with Crippen molar-refractivity contribution in [3.63, 3.8) is 0 Å². The summed E-state index contributed by atoms with van der Waals surface area (Å²) in [6.07, 6.45) is 2.52. The van der Waals surface area contributed by atoms with Crippen molar-refractivity contribution in [3.05, 3.63) is 60.2 Å². The van der Waals surface area contributed by atoms with Crippen molar-refractivity contribution in [1.29, 1.82) is 0 Å². The predicted octanol–water partition coefficient (Wildman–Crippen LogP) is 6.69. The zero-order valence-corrected chi connectivity index (χ0v) is 19.3. The molecule has 0 aromatic heterocycles. The van der Waals surface area contributed by atoms with Crippen LogP contribution in [0.4, 0.5) is 4.79 Å². The van der Waals surface area contributed by atoms with Gasteiger partial charge in [-0.1, -0.05) is 54.6 Å². The molecule has 1 atom stereocenters. The third-order valence-corrected chi connectivity index (χ3v) is 6.00. The maximum Gasteiger partial charge on any atom is 0.412 e. The molecule has 0 N–H and O–H groups in total. The van der Waals surface area contributed by atoms with E-state index in [0.717, 1.165) is 19.3 Å². The van der Waals surface area contributed by atoms with Crippen LogP contribution >= 0.6 is 0 Å². The second-order valence-corrected chi connectivity index (χ2v) is 9.96. The van der Waals surface area contributed by atoms with Gasteiger partial charge in [-0.3, -0.25) is 4.90 Å². The van der Waals surface area contributed by atoms with Crippen LogP contribution in [0.5, 0.6) is 0 Å². The van der Waals surface area contributed by atoms with Gasteiger partial charge in [0.15, 0.2) is 0 Å². The Labute approximate surface area is 185 Å². The lowest BCUT2D eigenvalue weighted by molar-refractivity contribution is -0.0627. The third-order valence-electron chi connectivity index (χ3n) is 6.00. The molecular weight excluding hydrogens is 386 g/mol. The number of nitrogens with zero attached hydrogens (tertiary/aromatic N) is 1. The minimum absolute atomic E-state index is 0.0246. The summed E-state index contributed by atoms with van der Waals surface area (Å²) in [6.45, 7) is 10.1. The van der Waals surface area contributed by atoms with Crippen molar-refractivity contribution in [3.8, 4) is 0 Å². The Bertz CT molecular complexity index is 1100. The van der Waals surface area contributed by atoms with Crippen molar-refractivity contribution in [2.75, 3.05) is 6.61 Å². The van der Waals surface area contributed by atoms with E-state index in [1.54, 1.807) is 4.90 Å². The molecule has 0 radical (unpaired) electrons. The zero-order valence-electron chi connectivity index (χ0n) is 19.3. The van der Waals surface area contributed by atoms with E-state index >= 15 is 0 Å². The molecule has 0 spiro atoms. The highest BCUT2D eigenvalue weighted by Gasteiger charge is 2.45. The topological polar surface area (TPSA) is 38.8 Å². The smallest absolute Gasteiger partial charge is 0.412 e. The summed E-state index contributed by atoms with van der Waals surface area (Å²) in [5.74, 6) is 0. The molecule has 1 saturated heterocycles. The van der Waals surface area contributed by atoms with Crippen molar-refractivity contribution < 1.29 is 14.3 Å². The molecule has 4 nitrogen and oxygen atoms in total. The van der Waals surface area contributed by atoms with E-state index in [1.807, 2.05) is 34.6 Å². The van der Waals surface area contributed by atoms with E-state index in [9.17, 15) is 4.79 Å². The number of aryl methyl sites for hydroxylation is 1. The number of hydrogen-bond donors (Lipinski definition) is 0. The molecule has 4 heteroatoms. The largest absolute Gasteiger partial charge is 0.444 e. The van der Waals surface area contributed by atoms with Crippen molar-refractivity contribution >= 4 is 27.6 Å². The molecule has 0 saturated carbocycles. The average Bonchev–Trinajstić information content (AvgIpc) is 3.01. The molecule has 0 bridgehead atoms. The van der Waals surface area contributed by atoms with Crippen LogP contribution in [-0.2, 0) is 15.9 Å². The van der Waals surface area contributed by atoms with Crippen LogP contribution in [0.1, 0.15) is 53.0 Å². The quantitative estimate of drug-likeness (QED) is 0.442. The molecular formula is C27H33NO3. The summed E-state index contributed by atoms with van der Waals surface area (Å²) in [5.41, 5.74) is 0.184. The normalized spacial score (nSPS) is 18.6. The molecule has 31 heavy (non-hydrogen) atoms. The number of rotatable bonds is 4. The fourth-order valence-corrected chi connectivity index (χ4v) is 4.64. The highest BCUT2D eigenvalue weighted by molar-refractivity contribution is 6.08. The van der Waals surface area contributed by atoms with Gasteiger partial charge in [-0.15, -0.1) is 0 Å². The summed E-state index contributed by atoms with van der Waals surface area (Å²) in [5, 5.41) is 5.19. The van der Waals surface area contributed by atoms with Gasteiger partial charge in [-0.25, -0.2) is 4.79 Å². The zero-order chi connectivity index (χ0) is 22.2. The molecule has 164 valence electrons. The monoisotopic (exact) mass is 419 g/mol. The van der Waals surface area contributed by atoms with Gasteiger partial charge >= 0.3 is 6.09 Å². The second-order valence-electron chi connectivity index (χ2n) is 9.96. The lowest BCUT2D eigenvalue weighted by Crippen LogP contribution is -2.49. The van der Waals surface area contributed by atoms with Crippen molar-refractivity contribution in [2.45, 2.75) is 71.2 Å². The van der Waals surface area contributed by atoms with Gasteiger partial charge in [-0.05, 0) is 81.0 Å². The standard InChI is InChI=1S/C27H33NO3/c1-26(2,3)31-25(29)28-21(18-30-27(28,4)5)13-10-12-20-17-19-11-6-7-14-22(19)24-16-9-8-15-23(20)24/h6-9,11,14-17,21H,10,12-13,18H2,1-5H3/t21-/m0/s1. The molecule has 1 aliphatic rings. The molecule has 3 aromatic carbocycles. The summed E-state index contributed by atoms with van der Waals surface area (Å²) in [6, 6.07) is 19.5. The minimum Gasteiger partial charge on any atom is -0.444 e. The Morgan fingerprint density at radius 1 is 1.06 bits per heavy atom. The number of carbonyl (C=O) groups excluding carboxylic acids is 1. The number of benzene rings is 3. The Morgan fingerprint density at radius 2 is 1.71 bits per heavy atom. The van der Waals surface area contributed by atoms with Crippen LogP contribution in [0.15, 0.2) is 54.6 Å². The Hall–Kier alpha value is -2.59. The Balaban J connectivity index is 1.52. The van der Waals surface area contributed by atoms with E-state index in [1.165, 1.54) is 27.1 Å². The third kappa shape index (κ3) is 4.54. The maximum absolute atomic E-state index is 12.9. The Kier molecular flexibility index (Phi) is 5.69. The first kappa shape index (κ1) is 21.6. The fraction of sp³-hybridized carbons (Fsp3) is 0.444. The lowest BCUT2D eigenvalue weighted by atomic mass is 9.94. The minimum atomic E-state index is -0.650. The number of ether oxygens (including phenoxy) is 2. The van der Waals surface area contributed by atoms with Gasteiger partial charge < -0.3 is 9.47 Å². The summed E-state index contributed by atoms with van der Waals surface area (Å²) < 4.78 is 11.6. The van der Waals surface area contributed by atoms with E-state index in [-0.39, 0.29) is 12.1 Å². The van der Waals surface area contributed by atoms with Gasteiger partial charge in [0, 0.05) is 0 Å². The van der Waals surface area contributed by atoms with Crippen LogP contribution in [0.25, 0.3) is 21.5 Å². The van der Waals surface area contributed by atoms with Crippen LogP contribution in [0.3, 0.4) is 0 Å². The summed E-state index contributed by atoms with van der Waals surface area (Å²) in [7, 11) is 0. The second kappa shape index (κ2) is 8.16. The van der Waals surface area contributed by atoms with Gasteiger partial charge in [-0.2, -0.15) is 0 Å². The maximum atomic E-state index is 12.9. The van der Waals surface area contributed by atoms with Crippen molar-refractivity contribution in [1.82, 2.24) is 4.90 Å². The molecule has 0 aliphatic carbocycles. The summed E-state index contributed by atoms with van der Waals surface area (Å²) in [4.78, 5) is 14.7. The first-order valence-corrected chi connectivity index (χ1v) is 11.2. The molecule has 4 rings (SSSR count). The lowest BCUT2D eigenvalue weighted by Gasteiger charge is -2.35. The van der Waals surface area contributed by atoms with E-state index < -0.39 is 11.3 Å². The van der Waals surface area contributed by atoms with E-state index in [0.29, 0.717) is 6.61 Å². The van der Waals surface area contributed by atoms with Crippen LogP contribution in [-0.4, -0.2) is 35.0 Å². The fourth-order valence-electron chi connectivity index (χ4n) is 4.64. The van der Waals surface area contributed by atoms with Crippen molar-refractivity contribution in [2.24, 2.45) is 0 Å². The number of fused-ring (bicyclic) bond motifs is 3. The highest BCUT2D eigenvalue weighted by Crippen LogP contribution is 2.33. The molecule has 0 unspecified atom stereocenters. The van der Waals surface area contributed by atoms with E-state index in [4.69, 9.17) is 9.47 Å². The molecule has 1 amide bonds. The van der Waals surface area contributed by atoms with Gasteiger partial charge in [0.05, 0.1) is 12.6 Å².